The lowest BCUT2D eigenvalue weighted by Crippen LogP contribution is -2.51. The quantitative estimate of drug-likeness (QED) is 0.411. The molecule has 0 spiro atoms. The summed E-state index contributed by atoms with van der Waals surface area (Å²) in [5, 5.41) is 2.69. The van der Waals surface area contributed by atoms with Gasteiger partial charge in [-0.25, -0.2) is 12.8 Å². The minimum absolute atomic E-state index is 0.00411. The van der Waals surface area contributed by atoms with Gasteiger partial charge >= 0.3 is 0 Å². The molecule has 1 N–H and O–H groups in total. The van der Waals surface area contributed by atoms with Crippen LogP contribution in [0.25, 0.3) is 0 Å². The first-order chi connectivity index (χ1) is 17.7. The van der Waals surface area contributed by atoms with Crippen LogP contribution in [-0.4, -0.2) is 51.4 Å². The third kappa shape index (κ3) is 6.65. The van der Waals surface area contributed by atoms with Gasteiger partial charge in [-0.1, -0.05) is 42.5 Å². The van der Waals surface area contributed by atoms with Gasteiger partial charge in [0.15, 0.2) is 0 Å². The molecular weight excluding hydrogens is 497 g/mol. The summed E-state index contributed by atoms with van der Waals surface area (Å²) in [6.07, 6.45) is 0. The third-order valence-electron chi connectivity index (χ3n) is 5.75. The molecule has 8 nitrogen and oxygen atoms in total. The average molecular weight is 528 g/mol. The fourth-order valence-corrected chi connectivity index (χ4v) is 5.21. The Labute approximate surface area is 216 Å². The predicted molar refractivity (Wildman–Crippen MR) is 139 cm³/mol. The van der Waals surface area contributed by atoms with Crippen molar-refractivity contribution in [2.75, 3.05) is 24.5 Å². The summed E-state index contributed by atoms with van der Waals surface area (Å²) in [7, 11) is -2.79. The summed E-state index contributed by atoms with van der Waals surface area (Å²) < 4.78 is 47.3. The molecule has 0 aliphatic carbocycles. The van der Waals surface area contributed by atoms with Gasteiger partial charge in [0, 0.05) is 13.1 Å². The Morgan fingerprint density at radius 1 is 0.973 bits per heavy atom. The van der Waals surface area contributed by atoms with Gasteiger partial charge in [0.25, 0.3) is 10.0 Å². The summed E-state index contributed by atoms with van der Waals surface area (Å²) in [4.78, 5) is 27.7. The van der Waals surface area contributed by atoms with Gasteiger partial charge in [-0.3, -0.25) is 13.9 Å². The molecule has 0 aromatic heterocycles. The van der Waals surface area contributed by atoms with E-state index in [9.17, 15) is 22.4 Å². The Balaban J connectivity index is 2.05. The highest BCUT2D eigenvalue weighted by Crippen LogP contribution is 2.32. The lowest BCUT2D eigenvalue weighted by atomic mass is 10.1. The molecule has 1 atom stereocenters. The van der Waals surface area contributed by atoms with Gasteiger partial charge in [0.1, 0.15) is 24.2 Å². The molecule has 0 radical (unpaired) electrons. The number of rotatable bonds is 11. The second kappa shape index (κ2) is 12.4. The van der Waals surface area contributed by atoms with Crippen LogP contribution in [0.2, 0.25) is 0 Å². The van der Waals surface area contributed by atoms with Crippen molar-refractivity contribution in [2.24, 2.45) is 0 Å². The highest BCUT2D eigenvalue weighted by atomic mass is 32.2. The molecule has 196 valence electrons. The summed E-state index contributed by atoms with van der Waals surface area (Å²) in [5.74, 6) is -1.19. The summed E-state index contributed by atoms with van der Waals surface area (Å²) >= 11 is 0. The summed E-state index contributed by atoms with van der Waals surface area (Å²) in [6, 6.07) is 18.9. The summed E-state index contributed by atoms with van der Waals surface area (Å²) in [6.45, 7) is 3.06. The number of benzene rings is 3. The zero-order valence-electron chi connectivity index (χ0n) is 20.9. The van der Waals surface area contributed by atoms with E-state index in [1.165, 1.54) is 48.4 Å². The molecule has 0 saturated carbocycles. The van der Waals surface area contributed by atoms with Crippen LogP contribution in [0.1, 0.15) is 19.4 Å². The van der Waals surface area contributed by atoms with E-state index in [2.05, 4.69) is 5.32 Å². The highest BCUT2D eigenvalue weighted by Gasteiger charge is 2.33. The van der Waals surface area contributed by atoms with Crippen LogP contribution in [-0.2, 0) is 26.2 Å². The normalized spacial score (nSPS) is 11.9. The summed E-state index contributed by atoms with van der Waals surface area (Å²) in [5.41, 5.74) is 0.759. The van der Waals surface area contributed by atoms with Crippen molar-refractivity contribution in [2.45, 2.75) is 31.3 Å². The van der Waals surface area contributed by atoms with Crippen LogP contribution < -0.4 is 14.4 Å². The zero-order chi connectivity index (χ0) is 27.0. The van der Waals surface area contributed by atoms with Crippen molar-refractivity contribution in [1.82, 2.24) is 10.2 Å². The van der Waals surface area contributed by atoms with Crippen LogP contribution in [0.15, 0.2) is 83.8 Å². The lowest BCUT2D eigenvalue weighted by molar-refractivity contribution is -0.139. The van der Waals surface area contributed by atoms with Crippen molar-refractivity contribution in [3.8, 4) is 5.75 Å². The number of para-hydroxylation sites is 2. The smallest absolute Gasteiger partial charge is 0.264 e. The molecule has 3 aromatic rings. The van der Waals surface area contributed by atoms with Crippen molar-refractivity contribution in [3.63, 3.8) is 0 Å². The van der Waals surface area contributed by atoms with Crippen molar-refractivity contribution >= 4 is 27.5 Å². The Bertz CT molecular complexity index is 1320. The van der Waals surface area contributed by atoms with Gasteiger partial charge in [0.2, 0.25) is 11.8 Å². The first-order valence-corrected chi connectivity index (χ1v) is 13.2. The molecule has 0 saturated heterocycles. The monoisotopic (exact) mass is 527 g/mol. The molecule has 0 bridgehead atoms. The maximum atomic E-state index is 13.8. The number of nitrogens with zero attached hydrogens (tertiary/aromatic N) is 2. The number of hydrogen-bond donors (Lipinski definition) is 1. The van der Waals surface area contributed by atoms with Crippen LogP contribution >= 0.6 is 0 Å². The van der Waals surface area contributed by atoms with Gasteiger partial charge < -0.3 is 15.0 Å². The number of hydrogen-bond acceptors (Lipinski definition) is 5. The Morgan fingerprint density at radius 2 is 1.59 bits per heavy atom. The largest absolute Gasteiger partial charge is 0.495 e. The number of anilines is 1. The molecule has 0 heterocycles. The van der Waals surface area contributed by atoms with E-state index in [1.54, 1.807) is 56.3 Å². The minimum Gasteiger partial charge on any atom is -0.495 e. The Hall–Kier alpha value is -3.92. The van der Waals surface area contributed by atoms with E-state index in [-0.39, 0.29) is 22.9 Å². The first kappa shape index (κ1) is 27.7. The fourth-order valence-electron chi connectivity index (χ4n) is 3.76. The number of sulfonamides is 1. The van der Waals surface area contributed by atoms with E-state index in [1.807, 2.05) is 0 Å². The molecular formula is C27H30FN3O5S. The van der Waals surface area contributed by atoms with E-state index < -0.39 is 40.2 Å². The number of halogens is 1. The van der Waals surface area contributed by atoms with Crippen LogP contribution in [0, 0.1) is 5.82 Å². The van der Waals surface area contributed by atoms with Crippen LogP contribution in [0.3, 0.4) is 0 Å². The minimum atomic E-state index is -4.19. The molecule has 10 heteroatoms. The van der Waals surface area contributed by atoms with Crippen molar-refractivity contribution in [1.29, 1.82) is 0 Å². The van der Waals surface area contributed by atoms with Gasteiger partial charge in [-0.05, 0) is 55.8 Å². The molecule has 0 unspecified atom stereocenters. The standard InChI is InChI=1S/C27H30FN3O5S/c1-4-29-27(33)20(2)30(18-21-14-16-22(28)17-15-21)26(32)19-31(24-12-8-9-13-25(24)36-3)37(34,35)23-10-6-5-7-11-23/h5-17,20H,4,18-19H2,1-3H3,(H,29,33)/t20-/m1/s1. The number of amides is 2. The van der Waals surface area contributed by atoms with E-state index in [4.69, 9.17) is 4.74 Å². The fraction of sp³-hybridized carbons (Fsp3) is 0.259. The Kier molecular flexibility index (Phi) is 9.24. The maximum absolute atomic E-state index is 13.8. The molecule has 0 aliphatic heterocycles. The lowest BCUT2D eigenvalue weighted by Gasteiger charge is -2.32. The highest BCUT2D eigenvalue weighted by molar-refractivity contribution is 7.92. The van der Waals surface area contributed by atoms with Crippen molar-refractivity contribution < 1.29 is 27.1 Å². The molecule has 3 aromatic carbocycles. The van der Waals surface area contributed by atoms with Gasteiger partial charge in [-0.15, -0.1) is 0 Å². The topological polar surface area (TPSA) is 96.0 Å². The molecule has 37 heavy (non-hydrogen) atoms. The number of ether oxygens (including phenoxy) is 1. The number of methoxy groups -OCH3 is 1. The number of likely N-dealkylation sites (N-methyl/N-ethyl adjacent to an activating group) is 1. The van der Waals surface area contributed by atoms with Crippen LogP contribution in [0.4, 0.5) is 10.1 Å². The zero-order valence-corrected chi connectivity index (χ0v) is 21.7. The average Bonchev–Trinajstić information content (AvgIpc) is 2.91. The maximum Gasteiger partial charge on any atom is 0.264 e. The van der Waals surface area contributed by atoms with E-state index >= 15 is 0 Å². The van der Waals surface area contributed by atoms with Crippen LogP contribution in [0.5, 0.6) is 5.75 Å². The SMILES string of the molecule is CCNC(=O)[C@@H](C)N(Cc1ccc(F)cc1)C(=O)CN(c1ccccc1OC)S(=O)(=O)c1ccccc1. The van der Waals surface area contributed by atoms with Gasteiger partial charge in [-0.2, -0.15) is 0 Å². The predicted octanol–water partition coefficient (Wildman–Crippen LogP) is 3.58. The molecule has 3 rings (SSSR count). The van der Waals surface area contributed by atoms with E-state index in [0.717, 1.165) is 4.31 Å². The van der Waals surface area contributed by atoms with Gasteiger partial charge in [0.05, 0.1) is 17.7 Å². The second-order valence-electron chi connectivity index (χ2n) is 8.22. The number of carbonyl (C=O) groups is 2. The number of carbonyl (C=O) groups excluding carboxylic acids is 2. The third-order valence-corrected chi connectivity index (χ3v) is 7.52. The molecule has 0 aliphatic rings. The molecule has 2 amide bonds. The number of nitrogens with one attached hydrogen (secondary N) is 1. The Morgan fingerprint density at radius 3 is 2.22 bits per heavy atom. The van der Waals surface area contributed by atoms with E-state index in [0.29, 0.717) is 12.1 Å². The second-order valence-corrected chi connectivity index (χ2v) is 10.1. The first-order valence-electron chi connectivity index (χ1n) is 11.7. The van der Waals surface area contributed by atoms with Crippen molar-refractivity contribution in [3.05, 3.63) is 90.2 Å². The molecule has 0 fully saturated rings.